The average Bonchev–Trinajstić information content (AvgIpc) is 2.47. The molecule has 0 radical (unpaired) electrons. The number of likely N-dealkylation sites (N-methyl/N-ethyl adjacent to an activating group) is 1. The zero-order valence-electron chi connectivity index (χ0n) is 13.3. The van der Waals surface area contributed by atoms with E-state index in [1.165, 1.54) is 48.8 Å². The zero-order chi connectivity index (χ0) is 14.4. The lowest BCUT2D eigenvalue weighted by Crippen LogP contribution is -2.22. The van der Waals surface area contributed by atoms with E-state index >= 15 is 0 Å². The smallest absolute Gasteiger partial charge is 0.0170 e. The van der Waals surface area contributed by atoms with E-state index in [1.54, 1.807) is 5.57 Å². The van der Waals surface area contributed by atoms with Gasteiger partial charge in [-0.15, -0.1) is 0 Å². The highest BCUT2D eigenvalue weighted by atomic mass is 14.8. The molecule has 0 unspecified atom stereocenters. The second kappa shape index (κ2) is 7.64. The Labute approximate surface area is 124 Å². The van der Waals surface area contributed by atoms with Gasteiger partial charge >= 0.3 is 0 Å². The van der Waals surface area contributed by atoms with Gasteiger partial charge in [-0.1, -0.05) is 56.0 Å². The largest absolute Gasteiger partial charge is 0.313 e. The lowest BCUT2D eigenvalue weighted by Gasteiger charge is -2.25. The third-order valence-electron chi connectivity index (χ3n) is 4.58. The van der Waals surface area contributed by atoms with E-state index in [-0.39, 0.29) is 0 Å². The highest BCUT2D eigenvalue weighted by Gasteiger charge is 2.18. The van der Waals surface area contributed by atoms with E-state index in [2.05, 4.69) is 50.4 Å². The first kappa shape index (κ1) is 15.3. The first-order valence-electron chi connectivity index (χ1n) is 8.19. The van der Waals surface area contributed by atoms with Crippen LogP contribution >= 0.6 is 0 Å². The third kappa shape index (κ3) is 3.96. The molecule has 0 bridgehead atoms. The molecule has 0 heterocycles. The van der Waals surface area contributed by atoms with Crippen LogP contribution in [0.2, 0.25) is 0 Å². The van der Waals surface area contributed by atoms with Crippen LogP contribution in [0.15, 0.2) is 23.8 Å². The van der Waals surface area contributed by atoms with E-state index in [0.29, 0.717) is 0 Å². The van der Waals surface area contributed by atoms with Gasteiger partial charge in [0.25, 0.3) is 0 Å². The summed E-state index contributed by atoms with van der Waals surface area (Å²) in [7, 11) is 0. The molecule has 1 aromatic carbocycles. The van der Waals surface area contributed by atoms with Crippen LogP contribution in [-0.4, -0.2) is 13.1 Å². The number of hydrogen-bond acceptors (Lipinski definition) is 1. The molecule has 0 atom stereocenters. The van der Waals surface area contributed by atoms with Crippen molar-refractivity contribution in [3.05, 3.63) is 40.5 Å². The van der Waals surface area contributed by atoms with Crippen molar-refractivity contribution in [2.45, 2.75) is 52.9 Å². The molecule has 0 amide bonds. The molecule has 20 heavy (non-hydrogen) atoms. The van der Waals surface area contributed by atoms with Crippen molar-refractivity contribution >= 4 is 6.08 Å². The molecule has 1 nitrogen and oxygen atoms in total. The quantitative estimate of drug-likeness (QED) is 0.805. The molecule has 0 spiro atoms. The SMILES string of the molecule is CCNC/C(=C/c1c(C)cccc1C)C1CCCCC1. The van der Waals surface area contributed by atoms with Gasteiger partial charge in [0.2, 0.25) is 0 Å². The summed E-state index contributed by atoms with van der Waals surface area (Å²) in [6.45, 7) is 8.75. The average molecular weight is 271 g/mol. The summed E-state index contributed by atoms with van der Waals surface area (Å²) in [4.78, 5) is 0. The van der Waals surface area contributed by atoms with E-state index in [4.69, 9.17) is 0 Å². The Morgan fingerprint density at radius 3 is 2.40 bits per heavy atom. The van der Waals surface area contributed by atoms with Crippen molar-refractivity contribution in [2.75, 3.05) is 13.1 Å². The maximum atomic E-state index is 3.54. The fourth-order valence-corrected chi connectivity index (χ4v) is 3.30. The predicted molar refractivity (Wildman–Crippen MR) is 89.0 cm³/mol. The molecule has 1 fully saturated rings. The zero-order valence-corrected chi connectivity index (χ0v) is 13.3. The van der Waals surface area contributed by atoms with Gasteiger partial charge < -0.3 is 5.32 Å². The molecule has 1 N–H and O–H groups in total. The second-order valence-electron chi connectivity index (χ2n) is 6.14. The normalized spacial score (nSPS) is 17.4. The fourth-order valence-electron chi connectivity index (χ4n) is 3.30. The maximum absolute atomic E-state index is 3.54. The number of nitrogens with one attached hydrogen (secondary N) is 1. The lowest BCUT2D eigenvalue weighted by atomic mass is 9.82. The van der Waals surface area contributed by atoms with Crippen LogP contribution in [0.1, 0.15) is 55.7 Å². The van der Waals surface area contributed by atoms with E-state index in [0.717, 1.165) is 19.0 Å². The molecule has 1 aliphatic carbocycles. The van der Waals surface area contributed by atoms with Crippen LogP contribution in [0.4, 0.5) is 0 Å². The molecule has 1 aliphatic rings. The number of rotatable bonds is 5. The van der Waals surface area contributed by atoms with Crippen molar-refractivity contribution in [1.29, 1.82) is 0 Å². The van der Waals surface area contributed by atoms with Gasteiger partial charge in [-0.2, -0.15) is 0 Å². The monoisotopic (exact) mass is 271 g/mol. The minimum Gasteiger partial charge on any atom is -0.313 e. The Bertz CT molecular complexity index is 433. The first-order valence-corrected chi connectivity index (χ1v) is 8.19. The molecule has 0 saturated heterocycles. The number of hydrogen-bond donors (Lipinski definition) is 1. The third-order valence-corrected chi connectivity index (χ3v) is 4.58. The molecular weight excluding hydrogens is 242 g/mol. The highest BCUT2D eigenvalue weighted by molar-refractivity contribution is 5.60. The van der Waals surface area contributed by atoms with E-state index in [1.807, 2.05) is 0 Å². The second-order valence-corrected chi connectivity index (χ2v) is 6.14. The van der Waals surface area contributed by atoms with Crippen molar-refractivity contribution in [1.82, 2.24) is 5.32 Å². The Morgan fingerprint density at radius 2 is 1.80 bits per heavy atom. The van der Waals surface area contributed by atoms with Gasteiger partial charge in [0, 0.05) is 6.54 Å². The van der Waals surface area contributed by atoms with Crippen molar-refractivity contribution in [3.63, 3.8) is 0 Å². The Morgan fingerprint density at radius 1 is 1.15 bits per heavy atom. The van der Waals surface area contributed by atoms with Crippen LogP contribution in [-0.2, 0) is 0 Å². The molecule has 2 rings (SSSR count). The summed E-state index contributed by atoms with van der Waals surface area (Å²) in [5.41, 5.74) is 5.85. The summed E-state index contributed by atoms with van der Waals surface area (Å²) in [6, 6.07) is 6.61. The molecule has 110 valence electrons. The minimum absolute atomic E-state index is 0.793. The molecule has 1 aromatic rings. The summed E-state index contributed by atoms with van der Waals surface area (Å²) in [6.07, 6.45) is 9.46. The topological polar surface area (TPSA) is 12.0 Å². The highest BCUT2D eigenvalue weighted by Crippen LogP contribution is 2.31. The molecule has 1 saturated carbocycles. The molecular formula is C19H29N. The minimum atomic E-state index is 0.793. The van der Waals surface area contributed by atoms with Gasteiger partial charge in [-0.05, 0) is 55.8 Å². The van der Waals surface area contributed by atoms with Gasteiger partial charge in [0.05, 0.1) is 0 Å². The van der Waals surface area contributed by atoms with Crippen LogP contribution in [0.25, 0.3) is 6.08 Å². The van der Waals surface area contributed by atoms with Gasteiger partial charge in [-0.3, -0.25) is 0 Å². The standard InChI is InChI=1S/C19H29N/c1-4-20-14-18(17-11-6-5-7-12-17)13-19-15(2)9-8-10-16(19)3/h8-10,13,17,20H,4-7,11-12,14H2,1-3H3/b18-13-. The number of benzene rings is 1. The Hall–Kier alpha value is -1.08. The lowest BCUT2D eigenvalue weighted by molar-refractivity contribution is 0.397. The maximum Gasteiger partial charge on any atom is 0.0170 e. The predicted octanol–water partition coefficient (Wildman–Crippen LogP) is 4.88. The fraction of sp³-hybridized carbons (Fsp3) is 0.579. The summed E-state index contributed by atoms with van der Waals surface area (Å²) in [5, 5.41) is 3.54. The van der Waals surface area contributed by atoms with Crippen LogP contribution < -0.4 is 5.32 Å². The summed E-state index contributed by atoms with van der Waals surface area (Å²) >= 11 is 0. The van der Waals surface area contributed by atoms with Crippen LogP contribution in [0, 0.1) is 19.8 Å². The van der Waals surface area contributed by atoms with Crippen LogP contribution in [0.5, 0.6) is 0 Å². The van der Waals surface area contributed by atoms with Gasteiger partial charge in [0.1, 0.15) is 0 Å². The first-order chi connectivity index (χ1) is 9.72. The Balaban J connectivity index is 2.26. The Kier molecular flexibility index (Phi) is 5.85. The van der Waals surface area contributed by atoms with E-state index < -0.39 is 0 Å². The van der Waals surface area contributed by atoms with Crippen molar-refractivity contribution in [2.24, 2.45) is 5.92 Å². The molecule has 0 aliphatic heterocycles. The number of aryl methyl sites for hydroxylation is 2. The summed E-state index contributed by atoms with van der Waals surface area (Å²) < 4.78 is 0. The van der Waals surface area contributed by atoms with Gasteiger partial charge in [0.15, 0.2) is 0 Å². The summed E-state index contributed by atoms with van der Waals surface area (Å²) in [5.74, 6) is 0.793. The van der Waals surface area contributed by atoms with Crippen molar-refractivity contribution < 1.29 is 0 Å². The van der Waals surface area contributed by atoms with Crippen molar-refractivity contribution in [3.8, 4) is 0 Å². The van der Waals surface area contributed by atoms with Crippen LogP contribution in [0.3, 0.4) is 0 Å². The molecule has 1 heteroatoms. The van der Waals surface area contributed by atoms with Gasteiger partial charge in [-0.25, -0.2) is 0 Å². The molecule has 0 aromatic heterocycles. The van der Waals surface area contributed by atoms with E-state index in [9.17, 15) is 0 Å².